The molecule has 1 amide bonds. The molecule has 2 N–H and O–H groups in total. The number of anilines is 1. The first-order valence-corrected chi connectivity index (χ1v) is 11.8. The van der Waals surface area contributed by atoms with Crippen molar-refractivity contribution in [1.29, 1.82) is 0 Å². The number of amides is 1. The average Bonchev–Trinajstić information content (AvgIpc) is 3.32. The van der Waals surface area contributed by atoms with Crippen molar-refractivity contribution in [2.24, 2.45) is 0 Å². The minimum absolute atomic E-state index is 0.000534. The van der Waals surface area contributed by atoms with Gasteiger partial charge in [0.15, 0.2) is 0 Å². The van der Waals surface area contributed by atoms with E-state index in [9.17, 15) is 13.2 Å². The summed E-state index contributed by atoms with van der Waals surface area (Å²) < 4.78 is 39.6. The third-order valence-corrected chi connectivity index (χ3v) is 6.42. The van der Waals surface area contributed by atoms with Gasteiger partial charge in [-0.15, -0.1) is 0 Å². The quantitative estimate of drug-likeness (QED) is 0.535. The Balaban J connectivity index is 1.45. The lowest BCUT2D eigenvalue weighted by molar-refractivity contribution is 0.0858. The van der Waals surface area contributed by atoms with Crippen molar-refractivity contribution in [2.75, 3.05) is 17.9 Å². The summed E-state index contributed by atoms with van der Waals surface area (Å²) in [7, 11) is -3.90. The molecule has 3 aromatic rings. The van der Waals surface area contributed by atoms with Crippen molar-refractivity contribution in [3.05, 3.63) is 84.4 Å². The van der Waals surface area contributed by atoms with Crippen LogP contribution in [0.5, 0.6) is 11.5 Å². The summed E-state index contributed by atoms with van der Waals surface area (Å²) in [6.07, 6.45) is 1.88. The molecule has 1 fully saturated rings. The van der Waals surface area contributed by atoms with Gasteiger partial charge < -0.3 is 14.8 Å². The van der Waals surface area contributed by atoms with E-state index < -0.39 is 10.0 Å². The fraction of sp³-hybridized carbons (Fsp3) is 0.208. The van der Waals surface area contributed by atoms with Crippen LogP contribution in [0.15, 0.2) is 83.8 Å². The van der Waals surface area contributed by atoms with Gasteiger partial charge in [-0.1, -0.05) is 30.3 Å². The van der Waals surface area contributed by atoms with Crippen LogP contribution in [0, 0.1) is 0 Å². The molecule has 8 heteroatoms. The average molecular weight is 453 g/mol. The van der Waals surface area contributed by atoms with Crippen molar-refractivity contribution >= 4 is 21.6 Å². The summed E-state index contributed by atoms with van der Waals surface area (Å²) in [4.78, 5) is 12.7. The van der Waals surface area contributed by atoms with Crippen LogP contribution in [0.25, 0.3) is 0 Å². The fourth-order valence-corrected chi connectivity index (χ4v) is 4.47. The molecular formula is C24H24N2O5S. The molecule has 166 valence electrons. The summed E-state index contributed by atoms with van der Waals surface area (Å²) in [5.74, 6) is 0.818. The molecule has 1 aliphatic rings. The van der Waals surface area contributed by atoms with E-state index in [4.69, 9.17) is 9.47 Å². The van der Waals surface area contributed by atoms with Gasteiger partial charge in [0, 0.05) is 13.2 Å². The molecule has 0 unspecified atom stereocenters. The Morgan fingerprint density at radius 3 is 2.34 bits per heavy atom. The number of benzene rings is 3. The minimum atomic E-state index is -3.90. The van der Waals surface area contributed by atoms with Gasteiger partial charge in [0.25, 0.3) is 15.9 Å². The summed E-state index contributed by atoms with van der Waals surface area (Å²) >= 11 is 0. The Kier molecular flexibility index (Phi) is 6.72. The molecule has 1 saturated heterocycles. The van der Waals surface area contributed by atoms with E-state index in [-0.39, 0.29) is 28.2 Å². The second-order valence-corrected chi connectivity index (χ2v) is 9.07. The number of rotatable bonds is 8. The molecule has 3 aromatic carbocycles. The van der Waals surface area contributed by atoms with Crippen molar-refractivity contribution < 1.29 is 22.7 Å². The lowest BCUT2D eigenvalue weighted by Gasteiger charge is -2.15. The van der Waals surface area contributed by atoms with E-state index in [0.29, 0.717) is 24.7 Å². The van der Waals surface area contributed by atoms with Crippen molar-refractivity contribution in [1.82, 2.24) is 5.32 Å². The van der Waals surface area contributed by atoms with Gasteiger partial charge in [0.2, 0.25) is 0 Å². The highest BCUT2D eigenvalue weighted by Crippen LogP contribution is 2.25. The molecule has 0 saturated carbocycles. The van der Waals surface area contributed by atoms with E-state index in [2.05, 4.69) is 10.0 Å². The highest BCUT2D eigenvalue weighted by molar-refractivity contribution is 7.92. The van der Waals surface area contributed by atoms with Gasteiger partial charge in [-0.25, -0.2) is 8.42 Å². The fourth-order valence-electron chi connectivity index (χ4n) is 3.39. The Morgan fingerprint density at radius 1 is 0.938 bits per heavy atom. The minimum Gasteiger partial charge on any atom is -0.457 e. The largest absolute Gasteiger partial charge is 0.457 e. The number of para-hydroxylation sites is 2. The van der Waals surface area contributed by atoms with Gasteiger partial charge in [-0.3, -0.25) is 9.52 Å². The van der Waals surface area contributed by atoms with Crippen LogP contribution in [-0.2, 0) is 14.8 Å². The molecule has 32 heavy (non-hydrogen) atoms. The number of hydrogen-bond donors (Lipinski definition) is 2. The summed E-state index contributed by atoms with van der Waals surface area (Å²) in [5, 5.41) is 2.82. The van der Waals surface area contributed by atoms with Crippen LogP contribution in [0.2, 0.25) is 0 Å². The molecule has 7 nitrogen and oxygen atoms in total. The van der Waals surface area contributed by atoms with Crippen LogP contribution in [0.1, 0.15) is 23.2 Å². The van der Waals surface area contributed by atoms with Gasteiger partial charge in [-0.05, 0) is 61.4 Å². The van der Waals surface area contributed by atoms with Crippen LogP contribution < -0.4 is 14.8 Å². The van der Waals surface area contributed by atoms with E-state index in [0.717, 1.165) is 12.8 Å². The van der Waals surface area contributed by atoms with E-state index in [1.165, 1.54) is 12.1 Å². The maximum atomic E-state index is 12.9. The molecule has 0 bridgehead atoms. The first-order chi connectivity index (χ1) is 15.5. The third-order valence-electron chi connectivity index (χ3n) is 5.04. The summed E-state index contributed by atoms with van der Waals surface area (Å²) in [6, 6.07) is 21.8. The van der Waals surface area contributed by atoms with Crippen molar-refractivity contribution in [2.45, 2.75) is 23.8 Å². The molecule has 0 spiro atoms. The number of carbonyl (C=O) groups is 1. The van der Waals surface area contributed by atoms with Gasteiger partial charge in [0.1, 0.15) is 11.5 Å². The van der Waals surface area contributed by atoms with Crippen LogP contribution in [0.4, 0.5) is 5.69 Å². The molecule has 0 aromatic heterocycles. The number of nitrogens with one attached hydrogen (secondary N) is 2. The zero-order valence-corrected chi connectivity index (χ0v) is 18.2. The SMILES string of the molecule is O=C(NC[C@H]1CCCO1)c1ccccc1NS(=O)(=O)c1ccc(Oc2ccccc2)cc1. The number of sulfonamides is 1. The lowest BCUT2D eigenvalue weighted by Crippen LogP contribution is -2.32. The monoisotopic (exact) mass is 452 g/mol. The molecule has 0 aliphatic carbocycles. The van der Waals surface area contributed by atoms with Gasteiger partial charge in [-0.2, -0.15) is 0 Å². The first kappa shape index (κ1) is 21.9. The first-order valence-electron chi connectivity index (χ1n) is 10.4. The summed E-state index contributed by atoms with van der Waals surface area (Å²) in [5.41, 5.74) is 0.458. The lowest BCUT2D eigenvalue weighted by atomic mass is 10.1. The highest BCUT2D eigenvalue weighted by Gasteiger charge is 2.21. The molecule has 1 atom stereocenters. The predicted octanol–water partition coefficient (Wildman–Crippen LogP) is 4.19. The number of hydrogen-bond acceptors (Lipinski definition) is 5. The zero-order chi connectivity index (χ0) is 22.4. The second kappa shape index (κ2) is 9.84. The molecule has 1 heterocycles. The van der Waals surface area contributed by atoms with Crippen LogP contribution >= 0.6 is 0 Å². The Labute approximate surface area is 187 Å². The maximum absolute atomic E-state index is 12.9. The Morgan fingerprint density at radius 2 is 1.62 bits per heavy atom. The number of carbonyl (C=O) groups excluding carboxylic acids is 1. The number of ether oxygens (including phenoxy) is 2. The van der Waals surface area contributed by atoms with E-state index >= 15 is 0 Å². The Hall–Kier alpha value is -3.36. The van der Waals surface area contributed by atoms with Gasteiger partial charge >= 0.3 is 0 Å². The smallest absolute Gasteiger partial charge is 0.261 e. The molecule has 1 aliphatic heterocycles. The zero-order valence-electron chi connectivity index (χ0n) is 17.4. The van der Waals surface area contributed by atoms with E-state index in [1.807, 2.05) is 30.3 Å². The van der Waals surface area contributed by atoms with Crippen LogP contribution in [-0.4, -0.2) is 33.6 Å². The maximum Gasteiger partial charge on any atom is 0.261 e. The highest BCUT2D eigenvalue weighted by atomic mass is 32.2. The molecule has 0 radical (unpaired) electrons. The normalized spacial score (nSPS) is 15.8. The summed E-state index contributed by atoms with van der Waals surface area (Å²) in [6.45, 7) is 1.09. The Bertz CT molecular complexity index is 1160. The predicted molar refractivity (Wildman–Crippen MR) is 122 cm³/mol. The standard InChI is InChI=1S/C24H24N2O5S/c27-24(25-17-20-9-6-16-30-20)22-10-4-5-11-23(22)26-32(28,29)21-14-12-19(13-15-21)31-18-7-2-1-3-8-18/h1-5,7-8,10-15,20,26H,6,9,16-17H2,(H,25,27)/t20-/m1/s1. The van der Waals surface area contributed by atoms with Gasteiger partial charge in [0.05, 0.1) is 22.3 Å². The van der Waals surface area contributed by atoms with Crippen LogP contribution in [0.3, 0.4) is 0 Å². The molecular weight excluding hydrogens is 428 g/mol. The van der Waals surface area contributed by atoms with E-state index in [1.54, 1.807) is 36.4 Å². The van der Waals surface area contributed by atoms with Crippen molar-refractivity contribution in [3.63, 3.8) is 0 Å². The van der Waals surface area contributed by atoms with Crippen molar-refractivity contribution in [3.8, 4) is 11.5 Å². The topological polar surface area (TPSA) is 93.7 Å². The molecule has 4 rings (SSSR count). The second-order valence-electron chi connectivity index (χ2n) is 7.38. The third kappa shape index (κ3) is 5.46.